The standard InChI is InChI=1S/CH4Cl2N4S/c2-6(4)1(8)7(3)5/h4-5H2. The van der Waals surface area contributed by atoms with Crippen molar-refractivity contribution in [3.8, 4) is 0 Å². The van der Waals surface area contributed by atoms with Crippen molar-refractivity contribution < 1.29 is 0 Å². The summed E-state index contributed by atoms with van der Waals surface area (Å²) in [6, 6.07) is 0. The summed E-state index contributed by atoms with van der Waals surface area (Å²) in [6.07, 6.45) is 0. The summed E-state index contributed by atoms with van der Waals surface area (Å²) < 4.78 is 1.23. The van der Waals surface area contributed by atoms with Crippen molar-refractivity contribution >= 4 is 40.9 Å². The summed E-state index contributed by atoms with van der Waals surface area (Å²) in [5, 5.41) is -0.0617. The van der Waals surface area contributed by atoms with Crippen molar-refractivity contribution in [3.63, 3.8) is 0 Å². The van der Waals surface area contributed by atoms with Gasteiger partial charge < -0.3 is 0 Å². The maximum absolute atomic E-state index is 5.09. The van der Waals surface area contributed by atoms with Crippen LogP contribution in [-0.2, 0) is 0 Å². The van der Waals surface area contributed by atoms with Crippen molar-refractivity contribution in [2.75, 3.05) is 0 Å². The number of thiocarbonyl (C=S) groups is 1. The molecule has 0 aliphatic heterocycles. The molecule has 0 atom stereocenters. The molecule has 0 spiro atoms. The number of rotatable bonds is 0. The molecule has 4 N–H and O–H groups in total. The minimum Gasteiger partial charge on any atom is -0.230 e. The Kier molecular flexibility index (Phi) is 3.34. The molecule has 0 amide bonds. The van der Waals surface area contributed by atoms with Gasteiger partial charge in [0.1, 0.15) is 0 Å². The molecule has 0 saturated heterocycles. The van der Waals surface area contributed by atoms with Gasteiger partial charge in [-0.25, -0.2) is 11.7 Å². The van der Waals surface area contributed by atoms with Crippen LogP contribution < -0.4 is 11.7 Å². The fourth-order valence-corrected chi connectivity index (χ4v) is 0.293. The van der Waals surface area contributed by atoms with E-state index in [1.807, 2.05) is 0 Å². The molecule has 0 aromatic heterocycles. The van der Waals surface area contributed by atoms with Crippen LogP contribution in [-0.4, -0.2) is 14.2 Å². The van der Waals surface area contributed by atoms with Crippen molar-refractivity contribution in [3.05, 3.63) is 0 Å². The molecule has 0 bridgehead atoms. The zero-order valence-corrected chi connectivity index (χ0v) is 6.04. The molecule has 0 unspecified atom stereocenters. The lowest BCUT2D eigenvalue weighted by Gasteiger charge is -2.12. The number of nitrogens with two attached hydrogens (primary N) is 2. The predicted molar refractivity (Wildman–Crippen MR) is 36.4 cm³/mol. The van der Waals surface area contributed by atoms with Gasteiger partial charge in [-0.1, -0.05) is 0 Å². The zero-order chi connectivity index (χ0) is 6.73. The second kappa shape index (κ2) is 3.26. The van der Waals surface area contributed by atoms with Crippen molar-refractivity contribution in [2.24, 2.45) is 11.7 Å². The molecule has 0 saturated carbocycles. The second-order valence-corrected chi connectivity index (χ2v) is 2.00. The van der Waals surface area contributed by atoms with Gasteiger partial charge in [0, 0.05) is 23.6 Å². The molecule has 0 aliphatic carbocycles. The lowest BCUT2D eigenvalue weighted by Crippen LogP contribution is -2.39. The smallest absolute Gasteiger partial charge is 0.230 e. The molecular weight excluding hydrogens is 171 g/mol. The number of hydrazine groups is 2. The maximum Gasteiger partial charge on any atom is 0.231 e. The van der Waals surface area contributed by atoms with Gasteiger partial charge in [0.25, 0.3) is 0 Å². The van der Waals surface area contributed by atoms with E-state index < -0.39 is 0 Å². The Balaban J connectivity index is 3.65. The first kappa shape index (κ1) is 8.19. The molecule has 0 aromatic rings. The van der Waals surface area contributed by atoms with Crippen LogP contribution in [0.5, 0.6) is 0 Å². The van der Waals surface area contributed by atoms with E-state index >= 15 is 0 Å². The SMILES string of the molecule is NN(Cl)C(=S)N(N)Cl. The van der Waals surface area contributed by atoms with Gasteiger partial charge >= 0.3 is 0 Å². The Bertz CT molecular complexity index is 82.0. The highest BCUT2D eigenvalue weighted by Crippen LogP contribution is 1.93. The van der Waals surface area contributed by atoms with Crippen molar-refractivity contribution in [1.82, 2.24) is 9.06 Å². The average molecular weight is 175 g/mol. The van der Waals surface area contributed by atoms with E-state index in [0.29, 0.717) is 9.06 Å². The van der Waals surface area contributed by atoms with Crippen LogP contribution in [0.4, 0.5) is 0 Å². The third-order valence-electron chi connectivity index (χ3n) is 0.365. The number of hydrogen-bond donors (Lipinski definition) is 2. The number of nitrogens with zero attached hydrogens (tertiary/aromatic N) is 2. The maximum atomic E-state index is 5.09. The molecule has 0 aromatic carbocycles. The molecule has 4 nitrogen and oxygen atoms in total. The fraction of sp³-hybridized carbons (Fsp3) is 0. The van der Waals surface area contributed by atoms with Crippen LogP contribution in [0.15, 0.2) is 0 Å². The highest BCUT2D eigenvalue weighted by atomic mass is 35.5. The van der Waals surface area contributed by atoms with Gasteiger partial charge in [-0.15, -0.1) is 0 Å². The summed E-state index contributed by atoms with van der Waals surface area (Å²) in [6.45, 7) is 0. The van der Waals surface area contributed by atoms with E-state index in [-0.39, 0.29) is 5.11 Å². The van der Waals surface area contributed by atoms with Gasteiger partial charge in [-0.2, -0.15) is 9.06 Å². The quantitative estimate of drug-likeness (QED) is 0.233. The zero-order valence-electron chi connectivity index (χ0n) is 3.71. The Morgan fingerprint density at radius 3 is 1.50 bits per heavy atom. The van der Waals surface area contributed by atoms with Crippen molar-refractivity contribution in [2.45, 2.75) is 0 Å². The third-order valence-corrected chi connectivity index (χ3v) is 1.28. The van der Waals surface area contributed by atoms with Gasteiger partial charge in [0.2, 0.25) is 5.11 Å². The van der Waals surface area contributed by atoms with Crippen LogP contribution >= 0.6 is 35.8 Å². The minimum atomic E-state index is -0.0617. The summed E-state index contributed by atoms with van der Waals surface area (Å²) in [5.41, 5.74) is 0. The molecule has 0 aliphatic rings. The van der Waals surface area contributed by atoms with Crippen LogP contribution in [0.3, 0.4) is 0 Å². The van der Waals surface area contributed by atoms with E-state index in [2.05, 4.69) is 12.2 Å². The summed E-state index contributed by atoms with van der Waals surface area (Å²) in [5.74, 6) is 9.78. The van der Waals surface area contributed by atoms with E-state index in [0.717, 1.165) is 0 Å². The first-order valence-electron chi connectivity index (χ1n) is 1.51. The third kappa shape index (κ3) is 2.49. The number of hydrogen-bond acceptors (Lipinski definition) is 3. The Hall–Kier alpha value is 0.190. The van der Waals surface area contributed by atoms with Crippen molar-refractivity contribution in [1.29, 1.82) is 0 Å². The molecule has 0 fully saturated rings. The molecule has 48 valence electrons. The van der Waals surface area contributed by atoms with Crippen LogP contribution in [0.25, 0.3) is 0 Å². The summed E-state index contributed by atoms with van der Waals surface area (Å²) in [7, 11) is 0. The average Bonchev–Trinajstić information content (AvgIpc) is 1.64. The monoisotopic (exact) mass is 174 g/mol. The molecule has 7 heteroatoms. The number of halogens is 2. The second-order valence-electron chi connectivity index (χ2n) is 0.905. The van der Waals surface area contributed by atoms with E-state index in [9.17, 15) is 0 Å². The predicted octanol–water partition coefficient (Wildman–Crippen LogP) is -0.0697. The summed E-state index contributed by atoms with van der Waals surface area (Å²) >= 11 is 14.6. The Labute approximate surface area is 62.1 Å². The molecule has 0 radical (unpaired) electrons. The first-order chi connectivity index (χ1) is 3.55. The lowest BCUT2D eigenvalue weighted by atomic mass is 11.2. The van der Waals surface area contributed by atoms with Crippen LogP contribution in [0.2, 0.25) is 0 Å². The van der Waals surface area contributed by atoms with E-state index in [4.69, 9.17) is 35.2 Å². The topological polar surface area (TPSA) is 58.5 Å². The largest absolute Gasteiger partial charge is 0.231 e. The van der Waals surface area contributed by atoms with E-state index in [1.54, 1.807) is 0 Å². The Morgan fingerprint density at radius 2 is 1.50 bits per heavy atom. The minimum absolute atomic E-state index is 0.0617. The molecular formula is CH4Cl2N4S. The Morgan fingerprint density at radius 1 is 1.25 bits per heavy atom. The van der Waals surface area contributed by atoms with E-state index in [1.165, 1.54) is 0 Å². The lowest BCUT2D eigenvalue weighted by molar-refractivity contribution is 0.591. The first-order valence-corrected chi connectivity index (χ1v) is 2.59. The van der Waals surface area contributed by atoms with Gasteiger partial charge in [-0.05, 0) is 12.2 Å². The highest BCUT2D eigenvalue weighted by molar-refractivity contribution is 7.80. The molecule has 0 heterocycles. The summed E-state index contributed by atoms with van der Waals surface area (Å²) in [4.78, 5) is 0. The molecule has 8 heavy (non-hydrogen) atoms. The van der Waals surface area contributed by atoms with Gasteiger partial charge in [0.15, 0.2) is 0 Å². The van der Waals surface area contributed by atoms with Crippen LogP contribution in [0.1, 0.15) is 0 Å². The molecule has 0 rings (SSSR count). The highest BCUT2D eigenvalue weighted by Gasteiger charge is 2.04. The fourth-order valence-electron chi connectivity index (χ4n) is 0.0913. The van der Waals surface area contributed by atoms with Crippen LogP contribution in [0, 0.1) is 0 Å². The van der Waals surface area contributed by atoms with Gasteiger partial charge in [0.05, 0.1) is 0 Å². The normalized spacial score (nSPS) is 8.50. The van der Waals surface area contributed by atoms with Gasteiger partial charge in [-0.3, -0.25) is 0 Å².